The van der Waals surface area contributed by atoms with Gasteiger partial charge in [0.25, 0.3) is 0 Å². The molecule has 0 aliphatic carbocycles. The summed E-state index contributed by atoms with van der Waals surface area (Å²) in [5.74, 6) is 0. The first-order valence-electron chi connectivity index (χ1n) is 8.99. The fourth-order valence-corrected chi connectivity index (χ4v) is 4.17. The Labute approximate surface area is 158 Å². The number of aliphatic hydroxyl groups is 1. The molecule has 1 aliphatic heterocycles. The van der Waals surface area contributed by atoms with Crippen LogP contribution in [0.4, 0.5) is 0 Å². The molecule has 1 atom stereocenters. The molecule has 4 rings (SSSR count). The Morgan fingerprint density at radius 1 is 1.12 bits per heavy atom. The van der Waals surface area contributed by atoms with Crippen molar-refractivity contribution in [2.45, 2.75) is 46.3 Å². The first kappa shape index (κ1) is 17.3. The lowest BCUT2D eigenvalue weighted by Gasteiger charge is -2.12. The molecular weight excluding hydrogens is 346 g/mol. The molecule has 1 N–H and O–H groups in total. The molecule has 5 heteroatoms. The highest BCUT2D eigenvalue weighted by Gasteiger charge is 2.36. The van der Waals surface area contributed by atoms with Gasteiger partial charge >= 0.3 is 0 Å². The van der Waals surface area contributed by atoms with Crippen LogP contribution >= 0.6 is 11.6 Å². The van der Waals surface area contributed by atoms with Gasteiger partial charge in [0.05, 0.1) is 5.21 Å². The molecule has 2 heterocycles. The Bertz CT molecular complexity index is 953. The average molecular weight is 369 g/mol. The van der Waals surface area contributed by atoms with Crippen LogP contribution in [-0.4, -0.2) is 15.0 Å². The van der Waals surface area contributed by atoms with Crippen molar-refractivity contribution in [3.8, 4) is 5.69 Å². The normalized spacial score (nSPS) is 14.5. The molecule has 0 spiro atoms. The Hall–Kier alpha value is -2.17. The number of halogens is 1. The molecule has 0 radical (unpaired) electrons. The third-order valence-electron chi connectivity index (χ3n) is 5.11. The second-order valence-corrected chi connectivity index (χ2v) is 7.60. The van der Waals surface area contributed by atoms with Crippen LogP contribution in [0.25, 0.3) is 5.69 Å². The number of benzene rings is 2. The summed E-state index contributed by atoms with van der Waals surface area (Å²) in [5, 5.41) is 16.7. The molecule has 0 fully saturated rings. The van der Waals surface area contributed by atoms with Crippen molar-refractivity contribution in [1.82, 2.24) is 9.90 Å². The number of fused-ring (bicyclic) bond motifs is 1. The summed E-state index contributed by atoms with van der Waals surface area (Å²) in [5.41, 5.74) is 7.42. The number of aliphatic hydroxyl groups excluding tert-OH is 1. The van der Waals surface area contributed by atoms with Crippen LogP contribution in [-0.2, 0) is 13.0 Å². The van der Waals surface area contributed by atoms with Crippen molar-refractivity contribution in [1.29, 1.82) is 0 Å². The second kappa shape index (κ2) is 6.53. The minimum Gasteiger partial charge on any atom is -0.380 e. The zero-order valence-corrected chi connectivity index (χ0v) is 16.1. The van der Waals surface area contributed by atoms with Crippen LogP contribution < -0.4 is 4.68 Å². The van der Waals surface area contributed by atoms with Crippen LogP contribution in [0.3, 0.4) is 0 Å². The summed E-state index contributed by atoms with van der Waals surface area (Å²) in [6, 6.07) is 11.7. The molecular formula is C21H23ClN3O+. The van der Waals surface area contributed by atoms with Gasteiger partial charge in [-0.2, -0.15) is 0 Å². The molecule has 134 valence electrons. The standard InChI is InChI=1S/C21H23ClN3O/c1-13-11-14(2)19(15(3)12-13)25-20(18-5-4-10-24(18)23-25)21(26)16-6-8-17(22)9-7-16/h6-9,11-12,21,26H,4-5,10H2,1-3H3/q+1/t21-/m0/s1. The van der Waals surface area contributed by atoms with Crippen molar-refractivity contribution in [2.75, 3.05) is 0 Å². The molecule has 0 bridgehead atoms. The molecule has 0 unspecified atom stereocenters. The number of hydrogen-bond donors (Lipinski definition) is 1. The summed E-state index contributed by atoms with van der Waals surface area (Å²) >= 11 is 6.02. The molecule has 1 aliphatic rings. The van der Waals surface area contributed by atoms with Crippen LogP contribution in [0.2, 0.25) is 5.02 Å². The van der Waals surface area contributed by atoms with Crippen LogP contribution in [0.1, 0.15) is 46.2 Å². The van der Waals surface area contributed by atoms with Gasteiger partial charge in [0.1, 0.15) is 12.6 Å². The quantitative estimate of drug-likeness (QED) is 0.715. The molecule has 0 saturated carbocycles. The molecule has 1 aromatic heterocycles. The van der Waals surface area contributed by atoms with Gasteiger partial charge in [0.2, 0.25) is 5.69 Å². The maximum Gasteiger partial charge on any atom is 0.210 e. The van der Waals surface area contributed by atoms with Gasteiger partial charge in [-0.3, -0.25) is 0 Å². The largest absolute Gasteiger partial charge is 0.380 e. The topological polar surface area (TPSA) is 41.9 Å². The van der Waals surface area contributed by atoms with Crippen molar-refractivity contribution < 1.29 is 9.79 Å². The van der Waals surface area contributed by atoms with E-state index in [1.165, 1.54) is 5.56 Å². The zero-order chi connectivity index (χ0) is 18.4. The highest BCUT2D eigenvalue weighted by Crippen LogP contribution is 2.29. The summed E-state index contributed by atoms with van der Waals surface area (Å²) < 4.78 is 3.98. The number of nitrogens with zero attached hydrogens (tertiary/aromatic N) is 3. The Balaban J connectivity index is 1.91. The minimum absolute atomic E-state index is 0.666. The summed E-state index contributed by atoms with van der Waals surface area (Å²) in [7, 11) is 0. The van der Waals surface area contributed by atoms with E-state index in [9.17, 15) is 5.11 Å². The van der Waals surface area contributed by atoms with Crippen molar-refractivity contribution in [3.63, 3.8) is 0 Å². The predicted octanol–water partition coefficient (Wildman–Crippen LogP) is 3.77. The van der Waals surface area contributed by atoms with Gasteiger partial charge in [-0.05, 0) is 56.0 Å². The maximum absolute atomic E-state index is 11.2. The fraction of sp³-hybridized carbons (Fsp3) is 0.333. The molecule has 0 saturated heterocycles. The third kappa shape index (κ3) is 2.83. The Morgan fingerprint density at radius 2 is 1.77 bits per heavy atom. The van der Waals surface area contributed by atoms with Crippen LogP contribution in [0, 0.1) is 20.8 Å². The monoisotopic (exact) mass is 368 g/mol. The van der Waals surface area contributed by atoms with E-state index in [0.717, 1.165) is 53.2 Å². The highest BCUT2D eigenvalue weighted by atomic mass is 35.5. The molecule has 2 aromatic carbocycles. The zero-order valence-electron chi connectivity index (χ0n) is 15.3. The predicted molar refractivity (Wildman–Crippen MR) is 102 cm³/mol. The van der Waals surface area contributed by atoms with Crippen LogP contribution in [0.15, 0.2) is 36.4 Å². The first-order valence-corrected chi connectivity index (χ1v) is 9.37. The van der Waals surface area contributed by atoms with Gasteiger partial charge in [-0.25, -0.2) is 0 Å². The van der Waals surface area contributed by atoms with Gasteiger partial charge in [0, 0.05) is 11.4 Å². The molecule has 0 amide bonds. The minimum atomic E-state index is -0.741. The number of rotatable bonds is 3. The number of aryl methyl sites for hydroxylation is 4. The lowest BCUT2D eigenvalue weighted by molar-refractivity contribution is -0.673. The highest BCUT2D eigenvalue weighted by molar-refractivity contribution is 6.30. The lowest BCUT2D eigenvalue weighted by Crippen LogP contribution is -2.41. The maximum atomic E-state index is 11.2. The van der Waals surface area contributed by atoms with Gasteiger partial charge < -0.3 is 5.11 Å². The molecule has 3 aromatic rings. The van der Waals surface area contributed by atoms with E-state index in [2.05, 4.69) is 32.9 Å². The van der Waals surface area contributed by atoms with E-state index in [4.69, 9.17) is 16.8 Å². The van der Waals surface area contributed by atoms with Crippen molar-refractivity contribution >= 4 is 11.6 Å². The Morgan fingerprint density at radius 3 is 2.42 bits per heavy atom. The SMILES string of the molecule is Cc1cc(C)c(-[n+]2nn3c(c2[C@@H](O)c2ccc(Cl)cc2)CCC3)c(C)c1. The summed E-state index contributed by atoms with van der Waals surface area (Å²) in [6.45, 7) is 7.20. The first-order chi connectivity index (χ1) is 12.5. The number of hydrogen-bond acceptors (Lipinski definition) is 2. The van der Waals surface area contributed by atoms with E-state index >= 15 is 0 Å². The van der Waals surface area contributed by atoms with Crippen molar-refractivity contribution in [3.05, 3.63) is 75.1 Å². The Kier molecular flexibility index (Phi) is 4.33. The summed E-state index contributed by atoms with van der Waals surface area (Å²) in [6.07, 6.45) is 1.26. The lowest BCUT2D eigenvalue weighted by atomic mass is 10.0. The second-order valence-electron chi connectivity index (χ2n) is 7.16. The van der Waals surface area contributed by atoms with Crippen molar-refractivity contribution in [2.24, 2.45) is 0 Å². The smallest absolute Gasteiger partial charge is 0.210 e. The van der Waals surface area contributed by atoms with E-state index in [-0.39, 0.29) is 0 Å². The van der Waals surface area contributed by atoms with Crippen LogP contribution in [0.5, 0.6) is 0 Å². The molecule has 26 heavy (non-hydrogen) atoms. The van der Waals surface area contributed by atoms with E-state index in [1.54, 1.807) is 0 Å². The van der Waals surface area contributed by atoms with E-state index in [0.29, 0.717) is 5.02 Å². The summed E-state index contributed by atoms with van der Waals surface area (Å²) in [4.78, 5) is 0. The fourth-order valence-electron chi connectivity index (χ4n) is 4.05. The van der Waals surface area contributed by atoms with Gasteiger partial charge in [0.15, 0.2) is 11.4 Å². The van der Waals surface area contributed by atoms with Gasteiger partial charge in [-0.15, -0.1) is 4.68 Å². The average Bonchev–Trinajstić information content (AvgIpc) is 3.15. The third-order valence-corrected chi connectivity index (χ3v) is 5.36. The molecule has 4 nitrogen and oxygen atoms in total. The van der Waals surface area contributed by atoms with E-state index < -0.39 is 6.10 Å². The van der Waals surface area contributed by atoms with Gasteiger partial charge in [-0.1, -0.05) is 46.1 Å². The van der Waals surface area contributed by atoms with E-state index in [1.807, 2.05) is 33.6 Å². The number of aromatic nitrogens is 3.